The fourth-order valence-corrected chi connectivity index (χ4v) is 3.50. The van der Waals surface area contributed by atoms with E-state index in [0.29, 0.717) is 11.7 Å². The van der Waals surface area contributed by atoms with Gasteiger partial charge in [-0.25, -0.2) is 0 Å². The molecule has 3 nitrogen and oxygen atoms in total. The Balaban J connectivity index is 1.70. The number of hydrogen-bond donors (Lipinski definition) is 0. The van der Waals surface area contributed by atoms with Gasteiger partial charge in [0.1, 0.15) is 5.75 Å². The molecule has 0 heterocycles. The minimum atomic E-state index is -0.0757. The van der Waals surface area contributed by atoms with Gasteiger partial charge >= 0.3 is 5.97 Å². The van der Waals surface area contributed by atoms with Crippen molar-refractivity contribution in [3.05, 3.63) is 54.1 Å². The molecule has 1 aromatic carbocycles. The van der Waals surface area contributed by atoms with Crippen LogP contribution in [-0.2, 0) is 11.2 Å². The Morgan fingerprint density at radius 3 is 2.58 bits per heavy atom. The van der Waals surface area contributed by atoms with Crippen LogP contribution in [0.1, 0.15) is 57.4 Å². The third kappa shape index (κ3) is 6.88. The van der Waals surface area contributed by atoms with E-state index in [2.05, 4.69) is 13.0 Å². The number of carbonyl (C=O) groups excluding carboxylic acids is 1. The van der Waals surface area contributed by atoms with Crippen LogP contribution in [0.25, 0.3) is 0 Å². The highest BCUT2D eigenvalue weighted by Crippen LogP contribution is 2.32. The summed E-state index contributed by atoms with van der Waals surface area (Å²) in [6.45, 7) is 2.16. The molecule has 1 aromatic rings. The lowest BCUT2D eigenvalue weighted by Gasteiger charge is -2.26. The van der Waals surface area contributed by atoms with Gasteiger partial charge in [-0.3, -0.25) is 4.79 Å². The molecule has 0 radical (unpaired) electrons. The molecule has 0 bridgehead atoms. The van der Waals surface area contributed by atoms with Crippen LogP contribution in [0.5, 0.6) is 5.75 Å². The second-order valence-corrected chi connectivity index (χ2v) is 7.03. The zero-order valence-corrected chi connectivity index (χ0v) is 15.7. The third-order valence-electron chi connectivity index (χ3n) is 5.02. The van der Waals surface area contributed by atoms with Crippen molar-refractivity contribution in [3.8, 4) is 11.8 Å². The maximum atomic E-state index is 12.4. The highest BCUT2D eigenvalue weighted by molar-refractivity contribution is 5.75. The lowest BCUT2D eigenvalue weighted by Crippen LogP contribution is -2.25. The summed E-state index contributed by atoms with van der Waals surface area (Å²) in [7, 11) is 0. The van der Waals surface area contributed by atoms with Crippen molar-refractivity contribution < 1.29 is 9.53 Å². The smallest absolute Gasteiger partial charge is 0.314 e. The monoisotopic (exact) mass is 351 g/mol. The van der Waals surface area contributed by atoms with Crippen LogP contribution in [-0.4, -0.2) is 5.97 Å². The molecule has 0 spiro atoms. The Morgan fingerprint density at radius 2 is 1.92 bits per heavy atom. The normalized spacial score (nSPS) is 20.3. The van der Waals surface area contributed by atoms with E-state index in [9.17, 15) is 4.79 Å². The van der Waals surface area contributed by atoms with Gasteiger partial charge in [-0.1, -0.05) is 43.7 Å². The number of hydrogen-bond acceptors (Lipinski definition) is 3. The number of esters is 1. The topological polar surface area (TPSA) is 50.1 Å². The molecule has 26 heavy (non-hydrogen) atoms. The molecule has 1 fully saturated rings. The van der Waals surface area contributed by atoms with Gasteiger partial charge < -0.3 is 4.74 Å². The van der Waals surface area contributed by atoms with Crippen molar-refractivity contribution >= 4 is 5.97 Å². The summed E-state index contributed by atoms with van der Waals surface area (Å²) in [5.41, 5.74) is 1.28. The summed E-state index contributed by atoms with van der Waals surface area (Å²) in [5.74, 6) is 1.31. The fraction of sp³-hybridized carbons (Fsp3) is 0.478. The van der Waals surface area contributed by atoms with E-state index in [1.165, 1.54) is 11.6 Å². The van der Waals surface area contributed by atoms with Gasteiger partial charge in [-0.05, 0) is 68.6 Å². The van der Waals surface area contributed by atoms with Gasteiger partial charge in [0.25, 0.3) is 0 Å². The number of nitrogens with zero attached hydrogens (tertiary/aromatic N) is 1. The summed E-state index contributed by atoms with van der Waals surface area (Å²) in [5, 5.41) is 8.41. The van der Waals surface area contributed by atoms with Crippen LogP contribution < -0.4 is 4.74 Å². The number of allylic oxidation sites excluding steroid dienone is 4. The van der Waals surface area contributed by atoms with Crippen molar-refractivity contribution in [2.45, 2.75) is 58.3 Å². The second kappa shape index (κ2) is 11.3. The van der Waals surface area contributed by atoms with E-state index in [-0.39, 0.29) is 11.9 Å². The molecule has 0 aliphatic heterocycles. The van der Waals surface area contributed by atoms with Crippen LogP contribution in [0, 0.1) is 23.2 Å². The highest BCUT2D eigenvalue weighted by Gasteiger charge is 2.27. The summed E-state index contributed by atoms with van der Waals surface area (Å²) >= 11 is 0. The first-order valence-electron chi connectivity index (χ1n) is 9.74. The first-order chi connectivity index (χ1) is 12.7. The fourth-order valence-electron chi connectivity index (χ4n) is 3.50. The van der Waals surface area contributed by atoms with Crippen molar-refractivity contribution in [1.29, 1.82) is 5.26 Å². The van der Waals surface area contributed by atoms with Gasteiger partial charge in [0, 0.05) is 6.08 Å². The van der Waals surface area contributed by atoms with E-state index < -0.39 is 0 Å². The van der Waals surface area contributed by atoms with E-state index in [1.807, 2.05) is 36.4 Å². The van der Waals surface area contributed by atoms with Crippen LogP contribution >= 0.6 is 0 Å². The molecule has 3 heteroatoms. The van der Waals surface area contributed by atoms with E-state index in [4.69, 9.17) is 10.00 Å². The van der Waals surface area contributed by atoms with E-state index in [1.54, 1.807) is 6.08 Å². The highest BCUT2D eigenvalue weighted by atomic mass is 16.5. The standard InChI is InChI=1S/C23H29NO2/c1-2-8-19-12-16-22(17-13-19)26-23(25)21-14-10-20(11-15-21)9-6-4-3-5-7-18-24/h3-5,7,12-13,16-17,20-21H,2,6,8-11,14-15H2,1H3/t20-,21-. The first-order valence-corrected chi connectivity index (χ1v) is 9.74. The van der Waals surface area contributed by atoms with E-state index in [0.717, 1.165) is 51.4 Å². The number of aryl methyl sites for hydroxylation is 1. The summed E-state index contributed by atoms with van der Waals surface area (Å²) in [6, 6.07) is 9.87. The van der Waals surface area contributed by atoms with Crippen molar-refractivity contribution in [1.82, 2.24) is 0 Å². The van der Waals surface area contributed by atoms with Crippen molar-refractivity contribution in [2.24, 2.45) is 11.8 Å². The molecule has 138 valence electrons. The number of ether oxygens (including phenoxy) is 1. The Hall–Kier alpha value is -2.34. The minimum absolute atomic E-state index is 0.0377. The average molecular weight is 351 g/mol. The number of benzene rings is 1. The lowest BCUT2D eigenvalue weighted by atomic mass is 9.80. The van der Waals surface area contributed by atoms with Gasteiger partial charge in [0.2, 0.25) is 0 Å². The first kappa shape index (κ1) is 20.0. The minimum Gasteiger partial charge on any atom is -0.426 e. The molecular formula is C23H29NO2. The maximum Gasteiger partial charge on any atom is 0.314 e. The molecule has 0 atom stereocenters. The molecule has 0 unspecified atom stereocenters. The zero-order chi connectivity index (χ0) is 18.6. The Morgan fingerprint density at radius 1 is 1.19 bits per heavy atom. The molecule has 0 saturated heterocycles. The van der Waals surface area contributed by atoms with Crippen molar-refractivity contribution in [2.75, 3.05) is 0 Å². The van der Waals surface area contributed by atoms with Crippen LogP contribution in [0.2, 0.25) is 0 Å². The van der Waals surface area contributed by atoms with Crippen molar-refractivity contribution in [3.63, 3.8) is 0 Å². The predicted octanol–water partition coefficient (Wildman–Crippen LogP) is 5.77. The van der Waals surface area contributed by atoms with Gasteiger partial charge in [0.15, 0.2) is 0 Å². The summed E-state index contributed by atoms with van der Waals surface area (Å²) < 4.78 is 5.57. The van der Waals surface area contributed by atoms with Gasteiger partial charge in [-0.15, -0.1) is 0 Å². The Labute approximate surface area is 157 Å². The molecule has 0 amide bonds. The van der Waals surface area contributed by atoms with Crippen LogP contribution in [0.15, 0.2) is 48.6 Å². The second-order valence-electron chi connectivity index (χ2n) is 7.03. The largest absolute Gasteiger partial charge is 0.426 e. The molecular weight excluding hydrogens is 322 g/mol. The quantitative estimate of drug-likeness (QED) is 0.259. The Kier molecular flexibility index (Phi) is 8.69. The molecule has 1 saturated carbocycles. The predicted molar refractivity (Wildman–Crippen MR) is 105 cm³/mol. The molecule has 0 N–H and O–H groups in total. The zero-order valence-electron chi connectivity index (χ0n) is 15.7. The molecule has 1 aliphatic rings. The average Bonchev–Trinajstić information content (AvgIpc) is 2.67. The number of carbonyl (C=O) groups is 1. The Bertz CT molecular complexity index is 644. The summed E-state index contributed by atoms with van der Waals surface area (Å²) in [4.78, 5) is 12.4. The van der Waals surface area contributed by atoms with Gasteiger partial charge in [0.05, 0.1) is 12.0 Å². The molecule has 1 aliphatic carbocycles. The molecule has 0 aromatic heterocycles. The number of nitriles is 1. The number of rotatable bonds is 8. The lowest BCUT2D eigenvalue weighted by molar-refractivity contribution is -0.140. The third-order valence-corrected chi connectivity index (χ3v) is 5.02. The van der Waals surface area contributed by atoms with Crippen LogP contribution in [0.3, 0.4) is 0 Å². The maximum absolute atomic E-state index is 12.4. The molecule has 2 rings (SSSR count). The summed E-state index contributed by atoms with van der Waals surface area (Å²) in [6.07, 6.45) is 15.7. The SMILES string of the molecule is CCCc1ccc(OC(=O)[C@H]2CC[C@H](CCC=CC=CC#N)CC2)cc1. The van der Waals surface area contributed by atoms with E-state index >= 15 is 0 Å². The van der Waals surface area contributed by atoms with Crippen LogP contribution in [0.4, 0.5) is 0 Å². The van der Waals surface area contributed by atoms with Gasteiger partial charge in [-0.2, -0.15) is 5.26 Å².